The largest absolute Gasteiger partial charge is 0.473 e. The predicted octanol–water partition coefficient (Wildman–Crippen LogP) is 1.96. The Morgan fingerprint density at radius 3 is 2.54 bits per heavy atom. The molecule has 2 heterocycles. The molecule has 3 rings (SSSR count). The van der Waals surface area contributed by atoms with Crippen molar-refractivity contribution in [3.63, 3.8) is 0 Å². The molecule has 0 amide bonds. The number of likely N-dealkylation sites (N-methyl/N-ethyl adjacent to an activating group) is 1. The van der Waals surface area contributed by atoms with Gasteiger partial charge in [0.25, 0.3) is 17.3 Å². The number of nitro groups is 2. The van der Waals surface area contributed by atoms with Crippen LogP contribution in [0.2, 0.25) is 0 Å². The molecule has 130 valence electrons. The molecular weight excluding hydrogens is 335 g/mol. The van der Waals surface area contributed by atoms with Crippen molar-refractivity contribution >= 4 is 5.69 Å². The topological polar surface area (TPSA) is 98.8 Å². The Kier molecular flexibility index (Phi) is 3.44. The Balaban J connectivity index is 2.23. The van der Waals surface area contributed by atoms with Crippen LogP contribution in [0, 0.1) is 20.2 Å². The normalized spacial score (nSPS) is 29.5. The van der Waals surface area contributed by atoms with Crippen LogP contribution in [0.4, 0.5) is 18.9 Å². The lowest BCUT2D eigenvalue weighted by atomic mass is 9.75. The number of nitro benzene ring substituents is 1. The third kappa shape index (κ3) is 2.19. The van der Waals surface area contributed by atoms with E-state index in [1.54, 1.807) is 0 Å². The van der Waals surface area contributed by atoms with Crippen LogP contribution in [0.1, 0.15) is 11.5 Å². The molecule has 24 heavy (non-hydrogen) atoms. The second-order valence-electron chi connectivity index (χ2n) is 6.02. The fourth-order valence-electron chi connectivity index (χ4n) is 3.60. The van der Waals surface area contributed by atoms with Crippen LogP contribution in [-0.2, 0) is 0 Å². The van der Waals surface area contributed by atoms with Gasteiger partial charge in [0.1, 0.15) is 5.75 Å². The van der Waals surface area contributed by atoms with Crippen LogP contribution in [-0.4, -0.2) is 52.7 Å². The number of alkyl halides is 3. The highest BCUT2D eigenvalue weighted by molar-refractivity contribution is 5.50. The van der Waals surface area contributed by atoms with Gasteiger partial charge in [-0.2, -0.15) is 13.2 Å². The standard InChI is InChI=1S/C13H12F3N3O5/c1-17-5-9-8-4-7(18(20)21)2-3-10(8)24-11(13(14,15)16)12(9,6-17)19(22)23/h2-4,9,11H,5-6H2,1H3/t9-,11+,12+/m0/s1. The van der Waals surface area contributed by atoms with Crippen LogP contribution in [0.15, 0.2) is 18.2 Å². The number of ether oxygens (including phenoxy) is 1. The molecule has 1 aromatic carbocycles. The monoisotopic (exact) mass is 347 g/mol. The molecule has 1 aromatic rings. The van der Waals surface area contributed by atoms with Gasteiger partial charge in [-0.15, -0.1) is 0 Å². The fraction of sp³-hybridized carbons (Fsp3) is 0.538. The lowest BCUT2D eigenvalue weighted by molar-refractivity contribution is -0.591. The number of fused-ring (bicyclic) bond motifs is 3. The van der Waals surface area contributed by atoms with Crippen LogP contribution in [0.3, 0.4) is 0 Å². The molecule has 1 fully saturated rings. The fourth-order valence-corrected chi connectivity index (χ4v) is 3.60. The first kappa shape index (κ1) is 16.4. The summed E-state index contributed by atoms with van der Waals surface area (Å²) in [6.45, 7) is -0.484. The Labute approximate surface area is 133 Å². The van der Waals surface area contributed by atoms with E-state index in [-0.39, 0.29) is 23.5 Å². The summed E-state index contributed by atoms with van der Waals surface area (Å²) < 4.78 is 45.3. The van der Waals surface area contributed by atoms with E-state index in [0.717, 1.165) is 18.2 Å². The Bertz CT molecular complexity index is 725. The second kappa shape index (κ2) is 5.03. The van der Waals surface area contributed by atoms with Crippen molar-refractivity contribution in [3.8, 4) is 5.75 Å². The SMILES string of the molecule is CN1C[C@H]2c3cc([N+](=O)[O-])ccc3O[C@@H](C(F)(F)F)[C@@]2([N+](=O)[O-])C1. The first-order valence-corrected chi connectivity index (χ1v) is 6.92. The maximum absolute atomic E-state index is 13.5. The van der Waals surface area contributed by atoms with Gasteiger partial charge in [-0.3, -0.25) is 25.1 Å². The van der Waals surface area contributed by atoms with Crippen LogP contribution in [0.25, 0.3) is 0 Å². The molecule has 0 saturated carbocycles. The smallest absolute Gasteiger partial charge is 0.432 e. The zero-order valence-electron chi connectivity index (χ0n) is 12.3. The predicted molar refractivity (Wildman–Crippen MR) is 73.5 cm³/mol. The number of likely N-dealkylation sites (tertiary alicyclic amines) is 1. The van der Waals surface area contributed by atoms with Crippen LogP contribution >= 0.6 is 0 Å². The van der Waals surface area contributed by atoms with Crippen LogP contribution < -0.4 is 4.74 Å². The van der Waals surface area contributed by atoms with Gasteiger partial charge in [0.15, 0.2) is 0 Å². The highest BCUT2D eigenvalue weighted by atomic mass is 19.4. The maximum atomic E-state index is 13.5. The first-order chi connectivity index (χ1) is 11.1. The van der Waals surface area contributed by atoms with E-state index in [4.69, 9.17) is 4.74 Å². The molecule has 0 bridgehead atoms. The van der Waals surface area contributed by atoms with Crippen molar-refractivity contribution in [2.24, 2.45) is 0 Å². The van der Waals surface area contributed by atoms with Crippen LogP contribution in [0.5, 0.6) is 5.75 Å². The van der Waals surface area contributed by atoms with E-state index in [9.17, 15) is 33.4 Å². The van der Waals surface area contributed by atoms with Gasteiger partial charge in [0, 0.05) is 29.2 Å². The third-order valence-electron chi connectivity index (χ3n) is 4.54. The molecule has 0 spiro atoms. The highest BCUT2D eigenvalue weighted by Gasteiger charge is 2.73. The Morgan fingerprint density at radius 1 is 1.33 bits per heavy atom. The highest BCUT2D eigenvalue weighted by Crippen LogP contribution is 2.52. The number of nitrogens with zero attached hydrogens (tertiary/aromatic N) is 3. The van der Waals surface area contributed by atoms with Gasteiger partial charge in [-0.1, -0.05) is 0 Å². The summed E-state index contributed by atoms with van der Waals surface area (Å²) in [4.78, 5) is 22.3. The van der Waals surface area contributed by atoms with E-state index in [2.05, 4.69) is 0 Å². The van der Waals surface area contributed by atoms with E-state index in [0.29, 0.717) is 0 Å². The van der Waals surface area contributed by atoms with Gasteiger partial charge in [0.2, 0.25) is 0 Å². The second-order valence-corrected chi connectivity index (χ2v) is 6.02. The quantitative estimate of drug-likeness (QED) is 0.599. The minimum Gasteiger partial charge on any atom is -0.473 e. The van der Waals surface area contributed by atoms with Gasteiger partial charge in [0.05, 0.1) is 17.4 Å². The molecule has 0 aromatic heterocycles. The molecular formula is C13H12F3N3O5. The molecule has 1 saturated heterocycles. The van der Waals surface area contributed by atoms with Crippen molar-refractivity contribution in [3.05, 3.63) is 44.0 Å². The Hall–Kier alpha value is -2.43. The minimum absolute atomic E-state index is 0.0227. The summed E-state index contributed by atoms with van der Waals surface area (Å²) in [5.74, 6) is -1.37. The Morgan fingerprint density at radius 2 is 2.00 bits per heavy atom. The molecule has 8 nitrogen and oxygen atoms in total. The number of benzene rings is 1. The summed E-state index contributed by atoms with van der Waals surface area (Å²) in [5, 5.41) is 22.6. The number of hydrogen-bond acceptors (Lipinski definition) is 6. The molecule has 2 aliphatic rings. The number of non-ortho nitro benzene ring substituents is 1. The number of hydrogen-bond donors (Lipinski definition) is 0. The number of rotatable bonds is 2. The lowest BCUT2D eigenvalue weighted by Gasteiger charge is -2.39. The van der Waals surface area contributed by atoms with E-state index < -0.39 is 40.1 Å². The molecule has 3 atom stereocenters. The average Bonchev–Trinajstić information content (AvgIpc) is 2.83. The van der Waals surface area contributed by atoms with Crippen molar-refractivity contribution < 1.29 is 27.8 Å². The molecule has 2 aliphatic heterocycles. The summed E-state index contributed by atoms with van der Waals surface area (Å²) in [6.07, 6.45) is -7.57. The van der Waals surface area contributed by atoms with E-state index in [1.165, 1.54) is 11.9 Å². The third-order valence-corrected chi connectivity index (χ3v) is 4.54. The zero-order valence-corrected chi connectivity index (χ0v) is 12.3. The summed E-state index contributed by atoms with van der Waals surface area (Å²) in [6, 6.07) is 3.14. The van der Waals surface area contributed by atoms with Crippen molar-refractivity contribution in [2.75, 3.05) is 20.1 Å². The van der Waals surface area contributed by atoms with Gasteiger partial charge in [-0.25, -0.2) is 0 Å². The molecule has 0 radical (unpaired) electrons. The molecule has 0 N–H and O–H groups in total. The summed E-state index contributed by atoms with van der Waals surface area (Å²) in [5.41, 5.74) is -2.73. The molecule has 0 unspecified atom stereocenters. The summed E-state index contributed by atoms with van der Waals surface area (Å²) >= 11 is 0. The number of halogens is 3. The van der Waals surface area contributed by atoms with E-state index in [1.807, 2.05) is 0 Å². The van der Waals surface area contributed by atoms with Gasteiger partial charge < -0.3 is 4.74 Å². The van der Waals surface area contributed by atoms with Crippen molar-refractivity contribution in [2.45, 2.75) is 23.7 Å². The summed E-state index contributed by atoms with van der Waals surface area (Å²) in [7, 11) is 1.47. The zero-order chi connectivity index (χ0) is 17.9. The van der Waals surface area contributed by atoms with Gasteiger partial charge in [-0.05, 0) is 13.1 Å². The van der Waals surface area contributed by atoms with Crippen molar-refractivity contribution in [1.29, 1.82) is 0 Å². The van der Waals surface area contributed by atoms with E-state index >= 15 is 0 Å². The first-order valence-electron chi connectivity index (χ1n) is 6.92. The van der Waals surface area contributed by atoms with Crippen molar-refractivity contribution in [1.82, 2.24) is 4.90 Å². The van der Waals surface area contributed by atoms with Gasteiger partial charge >= 0.3 is 6.18 Å². The molecule has 0 aliphatic carbocycles. The maximum Gasteiger partial charge on any atom is 0.432 e. The molecule has 11 heteroatoms. The lowest BCUT2D eigenvalue weighted by Crippen LogP contribution is -2.64. The minimum atomic E-state index is -4.95. The average molecular weight is 347 g/mol.